The van der Waals surface area contributed by atoms with Crippen LogP contribution in [0.5, 0.6) is 0 Å². The maximum atomic E-state index is 12.2. The summed E-state index contributed by atoms with van der Waals surface area (Å²) in [6.45, 7) is 1.47. The lowest BCUT2D eigenvalue weighted by atomic mass is 10.2. The number of benzene rings is 1. The summed E-state index contributed by atoms with van der Waals surface area (Å²) in [5.41, 5.74) is 0. The number of hydrogen-bond donors (Lipinski definition) is 1. The Hall–Kier alpha value is -0.430. The van der Waals surface area contributed by atoms with Crippen molar-refractivity contribution in [1.29, 1.82) is 0 Å². The van der Waals surface area contributed by atoms with Crippen molar-refractivity contribution < 1.29 is 13.5 Å². The van der Waals surface area contributed by atoms with Gasteiger partial charge in [0.1, 0.15) is 0 Å². The third kappa shape index (κ3) is 3.78. The average Bonchev–Trinajstić information content (AvgIpc) is 2.84. The van der Waals surface area contributed by atoms with Gasteiger partial charge in [0.2, 0.25) is 0 Å². The topological polar surface area (TPSA) is 57.6 Å². The molecule has 0 aliphatic carbocycles. The van der Waals surface area contributed by atoms with Gasteiger partial charge in [0.15, 0.2) is 9.84 Å². The van der Waals surface area contributed by atoms with E-state index in [1.54, 1.807) is 24.3 Å². The molecule has 19 heavy (non-hydrogen) atoms. The highest BCUT2D eigenvalue weighted by Crippen LogP contribution is 2.20. The Balaban J connectivity index is 2.02. The van der Waals surface area contributed by atoms with Crippen molar-refractivity contribution >= 4 is 25.8 Å². The summed E-state index contributed by atoms with van der Waals surface area (Å²) in [6, 6.07) is 6.90. The van der Waals surface area contributed by atoms with E-state index in [4.69, 9.17) is 0 Å². The minimum Gasteiger partial charge on any atom is -0.395 e. The summed E-state index contributed by atoms with van der Waals surface area (Å²) in [7, 11) is -3.26. The van der Waals surface area contributed by atoms with Gasteiger partial charge >= 0.3 is 0 Å². The molecule has 1 atom stereocenters. The summed E-state index contributed by atoms with van der Waals surface area (Å²) < 4.78 is 25.2. The summed E-state index contributed by atoms with van der Waals surface area (Å²) in [4.78, 5) is 2.41. The quantitative estimate of drug-likeness (QED) is 0.880. The molecule has 1 aliphatic rings. The Bertz CT molecular complexity index is 532. The molecule has 6 heteroatoms. The van der Waals surface area contributed by atoms with Crippen molar-refractivity contribution in [3.63, 3.8) is 0 Å². The Kier molecular flexibility index (Phi) is 5.00. The molecule has 2 rings (SSSR count). The molecule has 1 fully saturated rings. The van der Waals surface area contributed by atoms with Gasteiger partial charge in [-0.1, -0.05) is 22.0 Å². The molecule has 0 radical (unpaired) electrons. The molecule has 0 spiro atoms. The average molecular weight is 348 g/mol. The van der Waals surface area contributed by atoms with Crippen LogP contribution in [0.15, 0.2) is 33.6 Å². The predicted octanol–water partition coefficient (Wildman–Crippen LogP) is 1.68. The zero-order valence-corrected chi connectivity index (χ0v) is 13.0. The molecule has 4 nitrogen and oxygen atoms in total. The van der Waals surface area contributed by atoms with Crippen LogP contribution in [0.3, 0.4) is 0 Å². The van der Waals surface area contributed by atoms with E-state index in [9.17, 15) is 13.5 Å². The summed E-state index contributed by atoms with van der Waals surface area (Å²) in [5, 5.41) is 9.22. The molecule has 0 amide bonds. The van der Waals surface area contributed by atoms with Crippen molar-refractivity contribution in [2.24, 2.45) is 0 Å². The molecule has 0 aromatic heterocycles. The molecule has 1 heterocycles. The van der Waals surface area contributed by atoms with E-state index in [0.717, 1.165) is 23.9 Å². The van der Waals surface area contributed by atoms with Gasteiger partial charge in [-0.15, -0.1) is 0 Å². The van der Waals surface area contributed by atoms with E-state index in [1.165, 1.54) is 0 Å². The first-order valence-corrected chi connectivity index (χ1v) is 8.81. The minimum absolute atomic E-state index is 0.0972. The monoisotopic (exact) mass is 347 g/mol. The summed E-state index contributed by atoms with van der Waals surface area (Å²) in [5.74, 6) is 0.0972. The fourth-order valence-corrected chi connectivity index (χ4v) is 4.27. The van der Waals surface area contributed by atoms with E-state index in [2.05, 4.69) is 20.8 Å². The molecule has 1 N–H and O–H groups in total. The number of aliphatic hydroxyl groups excluding tert-OH is 1. The van der Waals surface area contributed by atoms with Gasteiger partial charge in [-0.2, -0.15) is 0 Å². The zero-order chi connectivity index (χ0) is 13.9. The Morgan fingerprint density at radius 2 is 2.21 bits per heavy atom. The lowest BCUT2D eigenvalue weighted by Crippen LogP contribution is -2.35. The van der Waals surface area contributed by atoms with Crippen LogP contribution in [0.1, 0.15) is 12.8 Å². The number of halogens is 1. The van der Waals surface area contributed by atoms with Gasteiger partial charge in [-0.05, 0) is 37.6 Å². The van der Waals surface area contributed by atoms with Crippen molar-refractivity contribution in [2.45, 2.75) is 23.8 Å². The first kappa shape index (κ1) is 15.0. The van der Waals surface area contributed by atoms with Crippen molar-refractivity contribution in [3.05, 3.63) is 28.7 Å². The van der Waals surface area contributed by atoms with Crippen molar-refractivity contribution in [2.75, 3.05) is 25.4 Å². The number of likely N-dealkylation sites (tertiary alicyclic amines) is 1. The van der Waals surface area contributed by atoms with Crippen molar-refractivity contribution in [3.8, 4) is 0 Å². The molecular formula is C13H18BrNO3S. The number of rotatable bonds is 5. The standard InChI is InChI=1S/C13H18BrNO3S/c14-11-3-1-5-13(9-11)19(17,18)8-7-15-6-2-4-12(15)10-16/h1,3,5,9,12,16H,2,4,6-8,10H2/t12-/m1/s1. The SMILES string of the molecule is O=S(=O)(CCN1CCC[C@@H]1CO)c1cccc(Br)c1. The molecular weight excluding hydrogens is 330 g/mol. The molecule has 1 aromatic rings. The number of aliphatic hydroxyl groups is 1. The smallest absolute Gasteiger partial charge is 0.179 e. The number of sulfone groups is 1. The van der Waals surface area contributed by atoms with Crippen LogP contribution in [0.4, 0.5) is 0 Å². The van der Waals surface area contributed by atoms with E-state index >= 15 is 0 Å². The number of hydrogen-bond acceptors (Lipinski definition) is 4. The highest BCUT2D eigenvalue weighted by atomic mass is 79.9. The maximum absolute atomic E-state index is 12.2. The van der Waals surface area contributed by atoms with E-state index in [1.807, 2.05) is 0 Å². The van der Waals surface area contributed by atoms with Crippen LogP contribution >= 0.6 is 15.9 Å². The Morgan fingerprint density at radius 3 is 2.89 bits per heavy atom. The molecule has 1 saturated heterocycles. The fourth-order valence-electron chi connectivity index (χ4n) is 2.41. The summed E-state index contributed by atoms with van der Waals surface area (Å²) >= 11 is 3.28. The molecule has 0 unspecified atom stereocenters. The molecule has 0 saturated carbocycles. The molecule has 1 aliphatic heterocycles. The molecule has 0 bridgehead atoms. The lowest BCUT2D eigenvalue weighted by Gasteiger charge is -2.22. The first-order chi connectivity index (χ1) is 9.03. The second kappa shape index (κ2) is 6.35. The zero-order valence-electron chi connectivity index (χ0n) is 10.6. The van der Waals surface area contributed by atoms with Gasteiger partial charge in [0.25, 0.3) is 0 Å². The van der Waals surface area contributed by atoms with Gasteiger partial charge in [0, 0.05) is 17.1 Å². The minimum atomic E-state index is -3.26. The number of nitrogens with zero attached hydrogens (tertiary/aromatic N) is 1. The maximum Gasteiger partial charge on any atom is 0.179 e. The van der Waals surface area contributed by atoms with Crippen LogP contribution in [-0.2, 0) is 9.84 Å². The van der Waals surface area contributed by atoms with Crippen LogP contribution < -0.4 is 0 Å². The van der Waals surface area contributed by atoms with Gasteiger partial charge < -0.3 is 5.11 Å². The summed E-state index contributed by atoms with van der Waals surface area (Å²) in [6.07, 6.45) is 1.98. The van der Waals surface area contributed by atoms with Gasteiger partial charge in [0.05, 0.1) is 17.3 Å². The normalized spacial score (nSPS) is 20.8. The third-order valence-electron chi connectivity index (χ3n) is 3.51. The second-order valence-corrected chi connectivity index (χ2v) is 7.82. The second-order valence-electron chi connectivity index (χ2n) is 4.79. The Morgan fingerprint density at radius 1 is 1.42 bits per heavy atom. The third-order valence-corrected chi connectivity index (χ3v) is 5.70. The first-order valence-electron chi connectivity index (χ1n) is 6.36. The highest BCUT2D eigenvalue weighted by molar-refractivity contribution is 9.10. The molecule has 1 aromatic carbocycles. The largest absolute Gasteiger partial charge is 0.395 e. The van der Waals surface area contributed by atoms with E-state index in [-0.39, 0.29) is 18.4 Å². The van der Waals surface area contributed by atoms with Crippen LogP contribution in [-0.4, -0.2) is 49.9 Å². The van der Waals surface area contributed by atoms with Gasteiger partial charge in [-0.3, -0.25) is 4.90 Å². The van der Waals surface area contributed by atoms with Crippen molar-refractivity contribution in [1.82, 2.24) is 4.90 Å². The van der Waals surface area contributed by atoms with E-state index in [0.29, 0.717) is 11.4 Å². The van der Waals surface area contributed by atoms with Crippen LogP contribution in [0, 0.1) is 0 Å². The van der Waals surface area contributed by atoms with Gasteiger partial charge in [-0.25, -0.2) is 8.42 Å². The molecule has 106 valence electrons. The Labute approximate surface area is 122 Å². The fraction of sp³-hybridized carbons (Fsp3) is 0.538. The van der Waals surface area contributed by atoms with Crippen LogP contribution in [0.25, 0.3) is 0 Å². The predicted molar refractivity (Wildman–Crippen MR) is 77.9 cm³/mol. The highest BCUT2D eigenvalue weighted by Gasteiger charge is 2.25. The van der Waals surface area contributed by atoms with E-state index < -0.39 is 9.84 Å². The lowest BCUT2D eigenvalue weighted by molar-refractivity contribution is 0.165. The van der Waals surface area contributed by atoms with Crippen LogP contribution in [0.2, 0.25) is 0 Å².